The summed E-state index contributed by atoms with van der Waals surface area (Å²) in [6.07, 6.45) is 4.82. The molecule has 4 nitrogen and oxygen atoms in total. The average Bonchev–Trinajstić information content (AvgIpc) is 2.37. The number of rotatable bonds is 8. The average molecular weight is 252 g/mol. The van der Waals surface area contributed by atoms with Gasteiger partial charge >= 0.3 is 0 Å². The third-order valence-electron chi connectivity index (χ3n) is 2.55. The first-order valence-corrected chi connectivity index (χ1v) is 6.54. The highest BCUT2D eigenvalue weighted by atomic mass is 16.5. The fourth-order valence-electron chi connectivity index (χ4n) is 1.56. The summed E-state index contributed by atoms with van der Waals surface area (Å²) in [7, 11) is 1.92. The van der Waals surface area contributed by atoms with E-state index in [1.54, 1.807) is 6.20 Å². The largest absolute Gasteiger partial charge is 0.492 e. The highest BCUT2D eigenvalue weighted by Crippen LogP contribution is 2.18. The first-order valence-electron chi connectivity index (χ1n) is 6.54. The molecule has 18 heavy (non-hydrogen) atoms. The van der Waals surface area contributed by atoms with Gasteiger partial charge in [-0.15, -0.1) is 0 Å². The van der Waals surface area contributed by atoms with Gasteiger partial charge in [-0.25, -0.2) is 0 Å². The molecule has 0 aliphatic heterocycles. The van der Waals surface area contributed by atoms with Crippen molar-refractivity contribution in [3.05, 3.63) is 24.0 Å². The molecule has 0 amide bonds. The van der Waals surface area contributed by atoms with Crippen molar-refractivity contribution in [3.8, 4) is 5.75 Å². The number of hydrogen-bond acceptors (Lipinski definition) is 4. The first kappa shape index (κ1) is 14.9. The SMILES string of the molecule is CCCOc1cncc(C(COC(C)C)NC)c1. The predicted molar refractivity (Wildman–Crippen MR) is 72.9 cm³/mol. The Morgan fingerprint density at radius 2 is 2.11 bits per heavy atom. The standard InChI is InChI=1S/C14H24N2O2/c1-5-6-17-13-7-12(8-16-9-13)14(15-4)10-18-11(2)3/h7-9,11,14-15H,5-6,10H2,1-4H3. The van der Waals surface area contributed by atoms with E-state index in [1.165, 1.54) is 0 Å². The molecule has 0 aliphatic carbocycles. The van der Waals surface area contributed by atoms with Crippen molar-refractivity contribution in [2.24, 2.45) is 0 Å². The molecule has 4 heteroatoms. The van der Waals surface area contributed by atoms with Crippen LogP contribution in [-0.4, -0.2) is 31.3 Å². The molecule has 1 rings (SSSR count). The Labute approximate surface area is 110 Å². The van der Waals surface area contributed by atoms with Crippen LogP contribution in [0.1, 0.15) is 38.8 Å². The molecule has 0 aromatic carbocycles. The van der Waals surface area contributed by atoms with Gasteiger partial charge in [-0.05, 0) is 38.9 Å². The summed E-state index contributed by atoms with van der Waals surface area (Å²) in [4.78, 5) is 4.21. The van der Waals surface area contributed by atoms with Crippen LogP contribution >= 0.6 is 0 Å². The second-order valence-corrected chi connectivity index (χ2v) is 4.53. The van der Waals surface area contributed by atoms with E-state index in [0.717, 1.165) is 24.3 Å². The summed E-state index contributed by atoms with van der Waals surface area (Å²) in [6.45, 7) is 7.51. The minimum absolute atomic E-state index is 0.144. The number of nitrogens with one attached hydrogen (secondary N) is 1. The van der Waals surface area contributed by atoms with E-state index >= 15 is 0 Å². The quantitative estimate of drug-likeness (QED) is 0.772. The van der Waals surface area contributed by atoms with E-state index in [1.807, 2.05) is 33.2 Å². The Balaban J connectivity index is 2.66. The lowest BCUT2D eigenvalue weighted by molar-refractivity contribution is 0.0625. The normalized spacial score (nSPS) is 12.7. The summed E-state index contributed by atoms with van der Waals surface area (Å²) < 4.78 is 11.2. The highest BCUT2D eigenvalue weighted by molar-refractivity contribution is 5.26. The highest BCUT2D eigenvalue weighted by Gasteiger charge is 2.11. The summed E-state index contributed by atoms with van der Waals surface area (Å²) in [5.74, 6) is 0.819. The van der Waals surface area contributed by atoms with Crippen molar-refractivity contribution in [2.75, 3.05) is 20.3 Å². The summed E-state index contributed by atoms with van der Waals surface area (Å²) in [6, 6.07) is 2.16. The molecule has 0 bridgehead atoms. The molecule has 1 unspecified atom stereocenters. The van der Waals surface area contributed by atoms with Crippen molar-refractivity contribution >= 4 is 0 Å². The van der Waals surface area contributed by atoms with Gasteiger partial charge in [0.25, 0.3) is 0 Å². The Morgan fingerprint density at radius 1 is 1.33 bits per heavy atom. The smallest absolute Gasteiger partial charge is 0.137 e. The van der Waals surface area contributed by atoms with Crippen LogP contribution in [0.5, 0.6) is 5.75 Å². The van der Waals surface area contributed by atoms with Gasteiger partial charge in [-0.1, -0.05) is 6.92 Å². The molecular weight excluding hydrogens is 228 g/mol. The monoisotopic (exact) mass is 252 g/mol. The number of likely N-dealkylation sites (N-methyl/N-ethyl adjacent to an activating group) is 1. The van der Waals surface area contributed by atoms with Crippen molar-refractivity contribution < 1.29 is 9.47 Å². The fourth-order valence-corrected chi connectivity index (χ4v) is 1.56. The molecule has 1 aromatic heterocycles. The second-order valence-electron chi connectivity index (χ2n) is 4.53. The van der Waals surface area contributed by atoms with Gasteiger partial charge in [-0.2, -0.15) is 0 Å². The van der Waals surface area contributed by atoms with Crippen LogP contribution in [0.2, 0.25) is 0 Å². The number of nitrogens with zero attached hydrogens (tertiary/aromatic N) is 1. The van der Waals surface area contributed by atoms with Gasteiger partial charge in [0.05, 0.1) is 31.6 Å². The van der Waals surface area contributed by atoms with E-state index in [9.17, 15) is 0 Å². The van der Waals surface area contributed by atoms with Gasteiger partial charge < -0.3 is 14.8 Å². The van der Waals surface area contributed by atoms with Crippen molar-refractivity contribution in [1.29, 1.82) is 0 Å². The maximum Gasteiger partial charge on any atom is 0.137 e. The van der Waals surface area contributed by atoms with Crippen LogP contribution in [0.3, 0.4) is 0 Å². The molecule has 0 saturated heterocycles. The molecular formula is C14H24N2O2. The molecule has 0 radical (unpaired) electrons. The van der Waals surface area contributed by atoms with Gasteiger partial charge in [-0.3, -0.25) is 4.98 Å². The van der Waals surface area contributed by atoms with E-state index in [-0.39, 0.29) is 12.1 Å². The molecule has 1 heterocycles. The Hall–Kier alpha value is -1.13. The van der Waals surface area contributed by atoms with Gasteiger partial charge in [0.1, 0.15) is 5.75 Å². The van der Waals surface area contributed by atoms with Gasteiger partial charge in [0, 0.05) is 6.20 Å². The van der Waals surface area contributed by atoms with Crippen LogP contribution in [0.25, 0.3) is 0 Å². The van der Waals surface area contributed by atoms with E-state index in [2.05, 4.69) is 17.2 Å². The minimum Gasteiger partial charge on any atom is -0.492 e. The Bertz CT molecular complexity index is 342. The van der Waals surface area contributed by atoms with E-state index in [4.69, 9.17) is 9.47 Å². The number of aromatic nitrogens is 1. The molecule has 0 aliphatic rings. The Kier molecular flexibility index (Phi) is 6.68. The van der Waals surface area contributed by atoms with Crippen molar-refractivity contribution in [2.45, 2.75) is 39.3 Å². The zero-order chi connectivity index (χ0) is 13.4. The summed E-state index contributed by atoms with van der Waals surface area (Å²) >= 11 is 0. The van der Waals surface area contributed by atoms with Crippen LogP contribution in [0.4, 0.5) is 0 Å². The van der Waals surface area contributed by atoms with Crippen LogP contribution in [0, 0.1) is 0 Å². The molecule has 102 valence electrons. The molecule has 1 atom stereocenters. The van der Waals surface area contributed by atoms with E-state index in [0.29, 0.717) is 6.61 Å². The third-order valence-corrected chi connectivity index (χ3v) is 2.55. The maximum atomic E-state index is 5.64. The number of ether oxygens (including phenoxy) is 2. The van der Waals surface area contributed by atoms with Crippen LogP contribution in [0.15, 0.2) is 18.5 Å². The van der Waals surface area contributed by atoms with Crippen molar-refractivity contribution in [3.63, 3.8) is 0 Å². The second kappa shape index (κ2) is 8.06. The maximum absolute atomic E-state index is 5.64. The molecule has 1 N–H and O–H groups in total. The van der Waals surface area contributed by atoms with Crippen LogP contribution in [-0.2, 0) is 4.74 Å². The van der Waals surface area contributed by atoms with Crippen LogP contribution < -0.4 is 10.1 Å². The third kappa shape index (κ3) is 5.02. The van der Waals surface area contributed by atoms with Gasteiger partial charge in [0.15, 0.2) is 0 Å². The molecule has 1 aromatic rings. The predicted octanol–water partition coefficient (Wildman–Crippen LogP) is 2.56. The van der Waals surface area contributed by atoms with Crippen molar-refractivity contribution in [1.82, 2.24) is 10.3 Å². The lowest BCUT2D eigenvalue weighted by Crippen LogP contribution is -2.23. The summed E-state index contributed by atoms with van der Waals surface area (Å²) in [5, 5.41) is 3.24. The fraction of sp³-hybridized carbons (Fsp3) is 0.643. The van der Waals surface area contributed by atoms with Gasteiger partial charge in [0.2, 0.25) is 0 Å². The molecule has 0 spiro atoms. The summed E-state index contributed by atoms with van der Waals surface area (Å²) in [5.41, 5.74) is 1.09. The zero-order valence-electron chi connectivity index (χ0n) is 11.8. The number of pyridine rings is 1. The topological polar surface area (TPSA) is 43.4 Å². The zero-order valence-corrected chi connectivity index (χ0v) is 11.8. The van der Waals surface area contributed by atoms with E-state index < -0.39 is 0 Å². The molecule has 0 saturated carbocycles. The first-order chi connectivity index (χ1) is 8.67. The minimum atomic E-state index is 0.144. The lowest BCUT2D eigenvalue weighted by atomic mass is 10.1. The number of hydrogen-bond donors (Lipinski definition) is 1. The molecule has 0 fully saturated rings. The lowest BCUT2D eigenvalue weighted by Gasteiger charge is -2.18. The Morgan fingerprint density at radius 3 is 2.72 bits per heavy atom.